The molecule has 0 aromatic carbocycles. The molecule has 0 aliphatic heterocycles. The van der Waals surface area contributed by atoms with E-state index in [1.165, 1.54) is 7.11 Å². The number of methoxy groups -OCH3 is 1. The summed E-state index contributed by atoms with van der Waals surface area (Å²) in [5, 5.41) is 10.5. The number of aliphatic hydroxyl groups excluding tert-OH is 1. The highest BCUT2D eigenvalue weighted by Gasteiger charge is 2.19. The molecule has 2 atom stereocenters. The zero-order chi connectivity index (χ0) is 17.0. The Labute approximate surface area is 136 Å². The normalized spacial score (nSPS) is 15.5. The van der Waals surface area contributed by atoms with Gasteiger partial charge in [0.15, 0.2) is 0 Å². The van der Waals surface area contributed by atoms with Crippen LogP contribution in [0, 0.1) is 0 Å². The Morgan fingerprint density at radius 2 is 2.18 bits per heavy atom. The van der Waals surface area contributed by atoms with E-state index >= 15 is 0 Å². The summed E-state index contributed by atoms with van der Waals surface area (Å²) in [5.41, 5.74) is 6.48. The molecular weight excluding hydrogens is 307 g/mol. The first-order chi connectivity index (χ1) is 10.5. The molecule has 0 aromatic heterocycles. The minimum atomic E-state index is -0.710. The van der Waals surface area contributed by atoms with Crippen molar-refractivity contribution in [1.29, 1.82) is 0 Å². The van der Waals surface area contributed by atoms with Gasteiger partial charge in [0.1, 0.15) is 6.67 Å². The van der Waals surface area contributed by atoms with Crippen molar-refractivity contribution < 1.29 is 18.5 Å². The molecule has 0 fully saturated rings. The Bertz CT molecular complexity index is 378. The van der Waals surface area contributed by atoms with Crippen LogP contribution in [0.3, 0.4) is 0 Å². The third-order valence-corrected chi connectivity index (χ3v) is 3.53. The summed E-state index contributed by atoms with van der Waals surface area (Å²) in [7, 11) is 1.50. The smallest absolute Gasteiger partial charge is 0.107 e. The van der Waals surface area contributed by atoms with E-state index in [1.807, 2.05) is 19.9 Å². The van der Waals surface area contributed by atoms with Gasteiger partial charge in [0.25, 0.3) is 0 Å². The van der Waals surface area contributed by atoms with Crippen LogP contribution in [0.2, 0.25) is 0 Å². The minimum Gasteiger partial charge on any atom is -0.395 e. The maximum atomic E-state index is 12.7. The van der Waals surface area contributed by atoms with Crippen molar-refractivity contribution in [2.75, 3.05) is 33.5 Å². The number of halogens is 1. The van der Waals surface area contributed by atoms with E-state index in [9.17, 15) is 4.39 Å². The molecule has 0 aromatic rings. The van der Waals surface area contributed by atoms with E-state index < -0.39 is 18.8 Å². The predicted molar refractivity (Wildman–Crippen MR) is 89.8 cm³/mol. The van der Waals surface area contributed by atoms with Crippen LogP contribution in [0.25, 0.3) is 0 Å². The monoisotopic (exact) mass is 334 g/mol. The second kappa shape index (κ2) is 12.8. The summed E-state index contributed by atoms with van der Waals surface area (Å²) in [6.07, 6.45) is 4.85. The third-order valence-electron chi connectivity index (χ3n) is 2.90. The van der Waals surface area contributed by atoms with Gasteiger partial charge >= 0.3 is 0 Å². The maximum absolute atomic E-state index is 12.7. The SMILES string of the molecule is C=C(/C=C\C(=C/C)C(OC)C(N)CF)SON(CC)CCO. The summed E-state index contributed by atoms with van der Waals surface area (Å²) < 4.78 is 23.4. The number of hydrogen-bond acceptors (Lipinski definition) is 6. The Balaban J connectivity index is 4.56. The van der Waals surface area contributed by atoms with Gasteiger partial charge in [-0.3, -0.25) is 0 Å². The number of rotatable bonds is 12. The van der Waals surface area contributed by atoms with Gasteiger partial charge in [0, 0.05) is 25.1 Å². The van der Waals surface area contributed by atoms with Crippen LogP contribution in [0.1, 0.15) is 13.8 Å². The minimum absolute atomic E-state index is 0.0239. The molecule has 0 heterocycles. The molecule has 0 aliphatic rings. The van der Waals surface area contributed by atoms with Gasteiger partial charge in [-0.05, 0) is 18.6 Å². The second-order valence-corrected chi connectivity index (χ2v) is 5.31. The van der Waals surface area contributed by atoms with Crippen molar-refractivity contribution >= 4 is 12.0 Å². The fourth-order valence-corrected chi connectivity index (χ4v) is 2.18. The van der Waals surface area contributed by atoms with Gasteiger partial charge in [-0.15, -0.1) is 0 Å². The molecule has 0 rings (SSSR count). The topological polar surface area (TPSA) is 68.0 Å². The number of hydroxylamine groups is 2. The quantitative estimate of drug-likeness (QED) is 0.324. The number of nitrogens with two attached hydrogens (primary N) is 1. The average Bonchev–Trinajstić information content (AvgIpc) is 2.54. The maximum Gasteiger partial charge on any atom is 0.107 e. The molecule has 0 radical (unpaired) electrons. The van der Waals surface area contributed by atoms with E-state index in [0.29, 0.717) is 18.0 Å². The Kier molecular flexibility index (Phi) is 12.4. The van der Waals surface area contributed by atoms with Gasteiger partial charge < -0.3 is 15.6 Å². The number of allylic oxidation sites excluding steroid dienone is 2. The van der Waals surface area contributed by atoms with Crippen LogP contribution in [-0.2, 0) is 9.02 Å². The van der Waals surface area contributed by atoms with Crippen molar-refractivity contribution in [2.45, 2.75) is 26.0 Å². The molecule has 22 heavy (non-hydrogen) atoms. The number of likely N-dealkylation sites (N-methyl/N-ethyl adjacent to an activating group) is 1. The molecule has 5 nitrogen and oxygen atoms in total. The van der Waals surface area contributed by atoms with Crippen molar-refractivity contribution in [3.05, 3.63) is 35.3 Å². The lowest BCUT2D eigenvalue weighted by molar-refractivity contribution is -0.0421. The third kappa shape index (κ3) is 8.07. The highest BCUT2D eigenvalue weighted by molar-refractivity contribution is 7.98. The van der Waals surface area contributed by atoms with Crippen molar-refractivity contribution in [3.63, 3.8) is 0 Å². The van der Waals surface area contributed by atoms with Gasteiger partial charge in [-0.2, -0.15) is 5.06 Å². The van der Waals surface area contributed by atoms with E-state index in [2.05, 4.69) is 6.58 Å². The molecule has 0 bridgehead atoms. The van der Waals surface area contributed by atoms with E-state index in [0.717, 1.165) is 17.6 Å². The molecule has 128 valence electrons. The van der Waals surface area contributed by atoms with Crippen molar-refractivity contribution in [3.8, 4) is 0 Å². The molecule has 0 aliphatic carbocycles. The second-order valence-electron chi connectivity index (χ2n) is 4.47. The van der Waals surface area contributed by atoms with Crippen molar-refractivity contribution in [2.24, 2.45) is 5.73 Å². The van der Waals surface area contributed by atoms with Gasteiger partial charge in [0.05, 0.1) is 30.8 Å². The average molecular weight is 334 g/mol. The number of aliphatic hydroxyl groups is 1. The van der Waals surface area contributed by atoms with Crippen LogP contribution in [0.4, 0.5) is 4.39 Å². The van der Waals surface area contributed by atoms with Crippen LogP contribution >= 0.6 is 12.0 Å². The number of ether oxygens (including phenoxy) is 1. The molecule has 0 saturated heterocycles. The summed E-state index contributed by atoms with van der Waals surface area (Å²) in [6, 6.07) is -0.710. The summed E-state index contributed by atoms with van der Waals surface area (Å²) in [5.74, 6) is 0. The van der Waals surface area contributed by atoms with Gasteiger partial charge in [0.2, 0.25) is 0 Å². The Hall–Kier alpha value is -0.700. The summed E-state index contributed by atoms with van der Waals surface area (Å²) in [4.78, 5) is 0.666. The predicted octanol–water partition coefficient (Wildman–Crippen LogP) is 2.21. The van der Waals surface area contributed by atoms with Crippen LogP contribution < -0.4 is 5.73 Å². The number of hydrogen-bond donors (Lipinski definition) is 2. The van der Waals surface area contributed by atoms with E-state index in [4.69, 9.17) is 19.9 Å². The highest BCUT2D eigenvalue weighted by Crippen LogP contribution is 2.20. The van der Waals surface area contributed by atoms with Gasteiger partial charge in [-0.1, -0.05) is 25.7 Å². The van der Waals surface area contributed by atoms with E-state index in [1.54, 1.807) is 17.2 Å². The Morgan fingerprint density at radius 3 is 2.64 bits per heavy atom. The lowest BCUT2D eigenvalue weighted by atomic mass is 10.0. The highest BCUT2D eigenvalue weighted by atomic mass is 32.2. The fourth-order valence-electron chi connectivity index (χ4n) is 1.67. The molecule has 2 unspecified atom stereocenters. The summed E-state index contributed by atoms with van der Waals surface area (Å²) in [6.45, 7) is 8.08. The zero-order valence-electron chi connectivity index (χ0n) is 13.5. The zero-order valence-corrected chi connectivity index (χ0v) is 14.3. The fraction of sp³-hybridized carbons (Fsp3) is 0.600. The molecule has 7 heteroatoms. The number of alkyl halides is 1. The van der Waals surface area contributed by atoms with Crippen LogP contribution in [-0.4, -0.2) is 55.8 Å². The first-order valence-corrected chi connectivity index (χ1v) is 7.86. The molecular formula is C15H27FN2O3S. The summed E-state index contributed by atoms with van der Waals surface area (Å²) >= 11 is 1.10. The van der Waals surface area contributed by atoms with Crippen LogP contribution in [0.5, 0.6) is 0 Å². The standard InChI is InChI=1S/C15H27FN2O3S/c1-5-13(15(20-4)14(17)11-16)8-7-12(3)22-21-18(6-2)9-10-19/h5,7-8,14-15,19H,3,6,9-11,17H2,1-2,4H3/b8-7-,13-5+. The molecule has 0 amide bonds. The largest absolute Gasteiger partial charge is 0.395 e. The first-order valence-electron chi connectivity index (χ1n) is 7.11. The lowest BCUT2D eigenvalue weighted by Crippen LogP contribution is -2.38. The van der Waals surface area contributed by atoms with Crippen molar-refractivity contribution in [1.82, 2.24) is 5.06 Å². The van der Waals surface area contributed by atoms with Crippen LogP contribution in [0.15, 0.2) is 35.3 Å². The number of nitrogens with zero attached hydrogens (tertiary/aromatic N) is 1. The molecule has 3 N–H and O–H groups in total. The lowest BCUT2D eigenvalue weighted by Gasteiger charge is -2.21. The Morgan fingerprint density at radius 1 is 1.50 bits per heavy atom. The molecule has 0 saturated carbocycles. The van der Waals surface area contributed by atoms with Gasteiger partial charge in [-0.25, -0.2) is 8.67 Å². The van der Waals surface area contributed by atoms with E-state index in [-0.39, 0.29) is 6.61 Å². The first kappa shape index (κ1) is 21.3. The molecule has 0 spiro atoms.